The summed E-state index contributed by atoms with van der Waals surface area (Å²) in [4.78, 5) is 4.13. The SMILES string of the molecule is CN(C)c1cc(CCl)c(N(C)C)cc1CCl. The van der Waals surface area contributed by atoms with Gasteiger partial charge in [0.05, 0.1) is 0 Å². The predicted octanol–water partition coefficient (Wildman–Crippen LogP) is 3.30. The van der Waals surface area contributed by atoms with Gasteiger partial charge in [0.15, 0.2) is 0 Å². The van der Waals surface area contributed by atoms with Crippen molar-refractivity contribution < 1.29 is 0 Å². The van der Waals surface area contributed by atoms with Crippen LogP contribution in [0.15, 0.2) is 12.1 Å². The Morgan fingerprint density at radius 2 is 1.12 bits per heavy atom. The van der Waals surface area contributed by atoms with E-state index < -0.39 is 0 Å². The number of nitrogens with zero attached hydrogens (tertiary/aromatic N) is 2. The Balaban J connectivity index is 3.34. The molecule has 0 spiro atoms. The van der Waals surface area contributed by atoms with Gasteiger partial charge >= 0.3 is 0 Å². The van der Waals surface area contributed by atoms with Crippen molar-refractivity contribution in [2.24, 2.45) is 0 Å². The largest absolute Gasteiger partial charge is 0.377 e. The van der Waals surface area contributed by atoms with Gasteiger partial charge < -0.3 is 9.80 Å². The lowest BCUT2D eigenvalue weighted by Crippen LogP contribution is -2.15. The van der Waals surface area contributed by atoms with Crippen molar-refractivity contribution in [1.29, 1.82) is 0 Å². The molecule has 16 heavy (non-hydrogen) atoms. The van der Waals surface area contributed by atoms with Crippen LogP contribution in [-0.4, -0.2) is 28.2 Å². The van der Waals surface area contributed by atoms with Crippen LogP contribution in [0.1, 0.15) is 11.1 Å². The van der Waals surface area contributed by atoms with Gasteiger partial charge in [0.25, 0.3) is 0 Å². The fourth-order valence-electron chi connectivity index (χ4n) is 1.71. The van der Waals surface area contributed by atoms with Gasteiger partial charge in [-0.2, -0.15) is 0 Å². The summed E-state index contributed by atoms with van der Waals surface area (Å²) in [5.41, 5.74) is 4.53. The van der Waals surface area contributed by atoms with Crippen LogP contribution in [0.3, 0.4) is 0 Å². The second-order valence-electron chi connectivity index (χ2n) is 4.17. The molecule has 0 radical (unpaired) electrons. The van der Waals surface area contributed by atoms with Crippen LogP contribution in [0, 0.1) is 0 Å². The van der Waals surface area contributed by atoms with E-state index in [1.807, 2.05) is 28.2 Å². The second kappa shape index (κ2) is 5.65. The fraction of sp³-hybridized carbons (Fsp3) is 0.500. The van der Waals surface area contributed by atoms with E-state index in [4.69, 9.17) is 23.2 Å². The molecule has 0 aromatic heterocycles. The van der Waals surface area contributed by atoms with E-state index in [1.165, 1.54) is 0 Å². The highest BCUT2D eigenvalue weighted by atomic mass is 35.5. The number of anilines is 2. The van der Waals surface area contributed by atoms with Gasteiger partial charge in [-0.3, -0.25) is 0 Å². The minimum absolute atomic E-state index is 0.511. The molecule has 0 saturated carbocycles. The summed E-state index contributed by atoms with van der Waals surface area (Å²) in [7, 11) is 8.05. The van der Waals surface area contributed by atoms with E-state index in [9.17, 15) is 0 Å². The van der Waals surface area contributed by atoms with E-state index in [-0.39, 0.29) is 0 Å². The van der Waals surface area contributed by atoms with Crippen molar-refractivity contribution in [3.8, 4) is 0 Å². The molecule has 0 bridgehead atoms. The molecule has 0 heterocycles. The predicted molar refractivity (Wildman–Crippen MR) is 74.2 cm³/mol. The number of hydrogen-bond donors (Lipinski definition) is 0. The maximum absolute atomic E-state index is 5.97. The lowest BCUT2D eigenvalue weighted by atomic mass is 10.1. The number of rotatable bonds is 4. The first-order valence-electron chi connectivity index (χ1n) is 5.13. The third-order valence-electron chi connectivity index (χ3n) is 2.53. The molecule has 1 aromatic carbocycles. The first-order chi connectivity index (χ1) is 7.51. The molecule has 1 rings (SSSR count). The van der Waals surface area contributed by atoms with Crippen LogP contribution >= 0.6 is 23.2 Å². The molecule has 0 N–H and O–H groups in total. The normalized spacial score (nSPS) is 10.4. The number of halogens is 2. The van der Waals surface area contributed by atoms with Gasteiger partial charge in [-0.05, 0) is 23.3 Å². The van der Waals surface area contributed by atoms with Crippen LogP contribution in [0.5, 0.6) is 0 Å². The van der Waals surface area contributed by atoms with E-state index in [1.54, 1.807) is 0 Å². The molecule has 0 atom stereocenters. The smallest absolute Gasteiger partial charge is 0.0495 e. The van der Waals surface area contributed by atoms with Gasteiger partial charge in [-0.1, -0.05) is 0 Å². The molecule has 0 amide bonds. The highest BCUT2D eigenvalue weighted by molar-refractivity contribution is 6.18. The Hall–Kier alpha value is -0.600. The monoisotopic (exact) mass is 260 g/mol. The highest BCUT2D eigenvalue weighted by Gasteiger charge is 2.11. The summed E-state index contributed by atoms with van der Waals surface area (Å²) in [6, 6.07) is 4.22. The molecule has 0 saturated heterocycles. The molecule has 2 nitrogen and oxygen atoms in total. The quantitative estimate of drug-likeness (QED) is 0.767. The molecule has 0 aliphatic rings. The molecule has 90 valence electrons. The minimum atomic E-state index is 0.511. The topological polar surface area (TPSA) is 6.48 Å². The van der Waals surface area contributed by atoms with Gasteiger partial charge in [0, 0.05) is 51.3 Å². The van der Waals surface area contributed by atoms with Crippen molar-refractivity contribution in [3.63, 3.8) is 0 Å². The number of alkyl halides is 2. The van der Waals surface area contributed by atoms with E-state index in [2.05, 4.69) is 21.9 Å². The van der Waals surface area contributed by atoms with Crippen molar-refractivity contribution in [2.45, 2.75) is 11.8 Å². The van der Waals surface area contributed by atoms with E-state index in [0.29, 0.717) is 11.8 Å². The first-order valence-corrected chi connectivity index (χ1v) is 6.20. The summed E-state index contributed by atoms with van der Waals surface area (Å²) in [5, 5.41) is 0. The Morgan fingerprint density at radius 1 is 0.812 bits per heavy atom. The van der Waals surface area contributed by atoms with E-state index >= 15 is 0 Å². The fourth-order valence-corrected chi connectivity index (χ4v) is 2.14. The van der Waals surface area contributed by atoms with Gasteiger partial charge in [-0.15, -0.1) is 23.2 Å². The molecule has 1 aromatic rings. The van der Waals surface area contributed by atoms with Crippen molar-refractivity contribution in [1.82, 2.24) is 0 Å². The Kier molecular flexibility index (Phi) is 4.75. The van der Waals surface area contributed by atoms with Gasteiger partial charge in [0.2, 0.25) is 0 Å². The molecule has 0 fully saturated rings. The third kappa shape index (κ3) is 2.74. The zero-order valence-corrected chi connectivity index (χ0v) is 11.7. The minimum Gasteiger partial charge on any atom is -0.377 e. The zero-order valence-electron chi connectivity index (χ0n) is 10.2. The van der Waals surface area contributed by atoms with Crippen LogP contribution in [0.25, 0.3) is 0 Å². The molecule has 4 heteroatoms. The van der Waals surface area contributed by atoms with Crippen molar-refractivity contribution in [3.05, 3.63) is 23.3 Å². The van der Waals surface area contributed by atoms with Gasteiger partial charge in [0.1, 0.15) is 0 Å². The Labute approximate surface area is 108 Å². The summed E-state index contributed by atoms with van der Waals surface area (Å²) in [5.74, 6) is 1.02. The summed E-state index contributed by atoms with van der Waals surface area (Å²) >= 11 is 11.9. The maximum Gasteiger partial charge on any atom is 0.0495 e. The van der Waals surface area contributed by atoms with Crippen molar-refractivity contribution in [2.75, 3.05) is 38.0 Å². The van der Waals surface area contributed by atoms with Crippen LogP contribution in [-0.2, 0) is 11.8 Å². The molecule has 0 aliphatic carbocycles. The summed E-state index contributed by atoms with van der Waals surface area (Å²) in [6.07, 6.45) is 0. The molecule has 0 aliphatic heterocycles. The standard InChI is InChI=1S/C12H18Cl2N2/c1-15(2)11-5-10(8-14)12(16(3)4)6-9(11)7-13/h5-6H,7-8H2,1-4H3. The average molecular weight is 261 g/mol. The molecule has 0 unspecified atom stereocenters. The molecular weight excluding hydrogens is 243 g/mol. The van der Waals surface area contributed by atoms with E-state index in [0.717, 1.165) is 22.5 Å². The third-order valence-corrected chi connectivity index (χ3v) is 3.11. The number of benzene rings is 1. The lowest BCUT2D eigenvalue weighted by Gasteiger charge is -2.23. The summed E-state index contributed by atoms with van der Waals surface area (Å²) in [6.45, 7) is 0. The maximum atomic E-state index is 5.97. The van der Waals surface area contributed by atoms with Gasteiger partial charge in [-0.25, -0.2) is 0 Å². The molecular formula is C12H18Cl2N2. The highest BCUT2D eigenvalue weighted by Crippen LogP contribution is 2.30. The lowest BCUT2D eigenvalue weighted by molar-refractivity contribution is 1.07. The zero-order chi connectivity index (χ0) is 12.3. The Bertz CT molecular complexity index is 327. The number of hydrogen-bond acceptors (Lipinski definition) is 2. The van der Waals surface area contributed by atoms with Crippen LogP contribution in [0.2, 0.25) is 0 Å². The van der Waals surface area contributed by atoms with Crippen molar-refractivity contribution >= 4 is 34.6 Å². The average Bonchev–Trinajstić information content (AvgIpc) is 2.26. The Morgan fingerprint density at radius 3 is 1.31 bits per heavy atom. The first kappa shape index (κ1) is 13.5. The summed E-state index contributed by atoms with van der Waals surface area (Å²) < 4.78 is 0. The second-order valence-corrected chi connectivity index (χ2v) is 4.70. The van der Waals surface area contributed by atoms with Crippen LogP contribution in [0.4, 0.5) is 11.4 Å². The van der Waals surface area contributed by atoms with Crippen LogP contribution < -0.4 is 9.80 Å².